The highest BCUT2D eigenvalue weighted by atomic mass is 32.2. The van der Waals surface area contributed by atoms with Gasteiger partial charge in [-0.3, -0.25) is 4.79 Å². The van der Waals surface area contributed by atoms with Crippen LogP contribution in [0.4, 0.5) is 5.69 Å². The van der Waals surface area contributed by atoms with E-state index in [1.54, 1.807) is 25.1 Å². The van der Waals surface area contributed by atoms with E-state index in [0.29, 0.717) is 16.7 Å². The highest BCUT2D eigenvalue weighted by Gasteiger charge is 2.36. The number of phenols is 1. The van der Waals surface area contributed by atoms with E-state index in [-0.39, 0.29) is 16.3 Å². The zero-order valence-electron chi connectivity index (χ0n) is 13.9. The number of anilines is 1. The maximum atomic E-state index is 12.0. The third-order valence-electron chi connectivity index (χ3n) is 4.07. The van der Waals surface area contributed by atoms with Gasteiger partial charge in [0, 0.05) is 11.8 Å². The van der Waals surface area contributed by atoms with Crippen molar-refractivity contribution in [3.63, 3.8) is 0 Å². The summed E-state index contributed by atoms with van der Waals surface area (Å²) in [6.45, 7) is 1.16. The van der Waals surface area contributed by atoms with Crippen molar-refractivity contribution in [3.8, 4) is 16.9 Å². The van der Waals surface area contributed by atoms with Crippen LogP contribution in [0.1, 0.15) is 5.56 Å². The average Bonchev–Trinajstić information content (AvgIpc) is 2.81. The van der Waals surface area contributed by atoms with Crippen LogP contribution in [0.15, 0.2) is 41.3 Å². The number of carbonyl (C=O) groups excluding carboxylic acids is 1. The van der Waals surface area contributed by atoms with E-state index in [0.717, 1.165) is 10.6 Å². The lowest BCUT2D eigenvalue weighted by molar-refractivity contribution is -0.117. The summed E-state index contributed by atoms with van der Waals surface area (Å²) in [6.07, 6.45) is 1.10. The molecule has 2 aromatic carbocycles. The third kappa shape index (κ3) is 3.13. The number of rotatable bonds is 3. The molecular weight excluding hydrogens is 380 g/mol. The summed E-state index contributed by atoms with van der Waals surface area (Å²) in [7, 11) is -7.43. The SMILES string of the molecule is Cc1c(-c2cccc(S(C)(=O)=O)c2)ccc(N2CC(=O)NS2(=O)=O)c1O. The van der Waals surface area contributed by atoms with E-state index in [1.807, 2.05) is 4.72 Å². The standard InChI is InChI=1S/C16H16N2O6S2/c1-10-13(11-4-3-5-12(8-11)25(2,21)22)6-7-14(16(10)20)18-9-15(19)17-26(18,23)24/h3-8,20H,9H2,1-2H3,(H,17,19). The molecule has 0 saturated carbocycles. The number of sulfone groups is 1. The Morgan fingerprint density at radius 2 is 1.88 bits per heavy atom. The predicted molar refractivity (Wildman–Crippen MR) is 95.8 cm³/mol. The molecule has 0 atom stereocenters. The summed E-state index contributed by atoms with van der Waals surface area (Å²) in [6, 6.07) is 9.18. The largest absolute Gasteiger partial charge is 0.505 e. The van der Waals surface area contributed by atoms with Crippen LogP contribution in [0.3, 0.4) is 0 Å². The Labute approximate surface area is 151 Å². The van der Waals surface area contributed by atoms with Gasteiger partial charge in [0.25, 0.3) is 5.91 Å². The molecule has 0 aliphatic carbocycles. The van der Waals surface area contributed by atoms with Gasteiger partial charge in [-0.15, -0.1) is 0 Å². The quantitative estimate of drug-likeness (QED) is 0.797. The molecule has 3 rings (SSSR count). The van der Waals surface area contributed by atoms with Crippen molar-refractivity contribution in [1.82, 2.24) is 4.72 Å². The van der Waals surface area contributed by atoms with Gasteiger partial charge in [0.1, 0.15) is 12.3 Å². The fourth-order valence-electron chi connectivity index (χ4n) is 2.76. The molecule has 0 bridgehead atoms. The molecule has 1 heterocycles. The lowest BCUT2D eigenvalue weighted by atomic mass is 9.99. The first-order chi connectivity index (χ1) is 12.0. The minimum atomic E-state index is -4.04. The van der Waals surface area contributed by atoms with Gasteiger partial charge in [0.15, 0.2) is 9.84 Å². The summed E-state index contributed by atoms with van der Waals surface area (Å²) in [4.78, 5) is 11.5. The van der Waals surface area contributed by atoms with E-state index >= 15 is 0 Å². The molecule has 0 radical (unpaired) electrons. The number of benzene rings is 2. The van der Waals surface area contributed by atoms with Gasteiger partial charge < -0.3 is 5.11 Å². The molecular formula is C16H16N2O6S2. The number of nitrogens with one attached hydrogen (secondary N) is 1. The first-order valence-corrected chi connectivity index (χ1v) is 10.8. The van der Waals surface area contributed by atoms with Crippen LogP contribution in [-0.2, 0) is 24.8 Å². The lowest BCUT2D eigenvalue weighted by Gasteiger charge is -2.19. The minimum absolute atomic E-state index is 0.0242. The Morgan fingerprint density at radius 3 is 2.46 bits per heavy atom. The molecule has 1 aliphatic heterocycles. The normalized spacial score (nSPS) is 16.5. The lowest BCUT2D eigenvalue weighted by Crippen LogP contribution is -2.29. The molecule has 0 spiro atoms. The smallest absolute Gasteiger partial charge is 0.326 e. The zero-order valence-corrected chi connectivity index (χ0v) is 15.6. The molecule has 138 valence electrons. The van der Waals surface area contributed by atoms with Gasteiger partial charge in [-0.1, -0.05) is 18.2 Å². The van der Waals surface area contributed by atoms with Crippen LogP contribution >= 0.6 is 0 Å². The molecule has 10 heteroatoms. The monoisotopic (exact) mass is 396 g/mol. The van der Waals surface area contributed by atoms with Crippen LogP contribution < -0.4 is 9.03 Å². The topological polar surface area (TPSA) is 121 Å². The van der Waals surface area contributed by atoms with Gasteiger partial charge in [0.05, 0.1) is 10.6 Å². The molecule has 8 nitrogen and oxygen atoms in total. The molecule has 2 N–H and O–H groups in total. The maximum Gasteiger partial charge on any atom is 0.326 e. The summed E-state index contributed by atoms with van der Waals surface area (Å²) in [5.41, 5.74) is 1.45. The number of amides is 1. The van der Waals surface area contributed by atoms with Crippen molar-refractivity contribution in [1.29, 1.82) is 0 Å². The number of hydrogen-bond donors (Lipinski definition) is 2. The van der Waals surface area contributed by atoms with E-state index < -0.39 is 32.5 Å². The number of carbonyl (C=O) groups is 1. The number of phenolic OH excluding ortho intramolecular Hbond substituents is 1. The summed E-state index contributed by atoms with van der Waals surface area (Å²) in [5.74, 6) is -0.987. The summed E-state index contributed by atoms with van der Waals surface area (Å²) >= 11 is 0. The Bertz CT molecular complexity index is 1120. The van der Waals surface area contributed by atoms with Gasteiger partial charge in [-0.2, -0.15) is 8.42 Å². The van der Waals surface area contributed by atoms with Crippen molar-refractivity contribution in [3.05, 3.63) is 42.0 Å². The van der Waals surface area contributed by atoms with Crippen LogP contribution in [0.2, 0.25) is 0 Å². The number of nitrogens with zero attached hydrogens (tertiary/aromatic N) is 1. The van der Waals surface area contributed by atoms with Crippen molar-refractivity contribution in [2.24, 2.45) is 0 Å². The van der Waals surface area contributed by atoms with Crippen LogP contribution in [-0.4, -0.2) is 40.6 Å². The first-order valence-electron chi connectivity index (χ1n) is 7.47. The Kier molecular flexibility index (Phi) is 4.20. The van der Waals surface area contributed by atoms with E-state index in [9.17, 15) is 26.7 Å². The van der Waals surface area contributed by atoms with Crippen LogP contribution in [0.25, 0.3) is 11.1 Å². The zero-order chi connectivity index (χ0) is 19.3. The van der Waals surface area contributed by atoms with Crippen molar-refractivity contribution in [2.45, 2.75) is 11.8 Å². The second kappa shape index (κ2) is 5.99. The van der Waals surface area contributed by atoms with Crippen molar-refractivity contribution in [2.75, 3.05) is 17.1 Å². The Balaban J connectivity index is 2.11. The fraction of sp³-hybridized carbons (Fsp3) is 0.188. The van der Waals surface area contributed by atoms with Gasteiger partial charge >= 0.3 is 10.2 Å². The number of hydrogen-bond acceptors (Lipinski definition) is 6. The maximum absolute atomic E-state index is 12.0. The van der Waals surface area contributed by atoms with Gasteiger partial charge in [-0.05, 0) is 36.2 Å². The van der Waals surface area contributed by atoms with Crippen molar-refractivity contribution < 1.29 is 26.7 Å². The van der Waals surface area contributed by atoms with Crippen LogP contribution in [0.5, 0.6) is 5.75 Å². The van der Waals surface area contributed by atoms with Gasteiger partial charge in [0.2, 0.25) is 0 Å². The Hall–Kier alpha value is -2.59. The molecule has 1 aliphatic rings. The fourth-order valence-corrected chi connectivity index (χ4v) is 4.58. The molecule has 1 amide bonds. The van der Waals surface area contributed by atoms with E-state index in [2.05, 4.69) is 0 Å². The highest BCUT2D eigenvalue weighted by molar-refractivity contribution is 7.92. The Morgan fingerprint density at radius 1 is 1.19 bits per heavy atom. The minimum Gasteiger partial charge on any atom is -0.505 e. The highest BCUT2D eigenvalue weighted by Crippen LogP contribution is 2.39. The van der Waals surface area contributed by atoms with Crippen molar-refractivity contribution >= 4 is 31.6 Å². The predicted octanol–water partition coefficient (Wildman–Crippen LogP) is 0.952. The summed E-state index contributed by atoms with van der Waals surface area (Å²) in [5, 5.41) is 10.5. The molecule has 0 unspecified atom stereocenters. The first kappa shape index (κ1) is 18.2. The molecule has 0 aromatic heterocycles. The second-order valence-corrected chi connectivity index (χ2v) is 9.55. The number of aromatic hydroxyl groups is 1. The molecule has 26 heavy (non-hydrogen) atoms. The summed E-state index contributed by atoms with van der Waals surface area (Å²) < 4.78 is 50.0. The molecule has 1 saturated heterocycles. The van der Waals surface area contributed by atoms with E-state index in [4.69, 9.17) is 0 Å². The molecule has 2 aromatic rings. The second-order valence-electron chi connectivity index (χ2n) is 5.94. The van der Waals surface area contributed by atoms with E-state index in [1.165, 1.54) is 18.2 Å². The van der Waals surface area contributed by atoms with Crippen LogP contribution in [0, 0.1) is 6.92 Å². The third-order valence-corrected chi connectivity index (χ3v) is 6.57. The molecule has 1 fully saturated rings. The average molecular weight is 396 g/mol. The van der Waals surface area contributed by atoms with Gasteiger partial charge in [-0.25, -0.2) is 17.4 Å².